The molecule has 1 saturated heterocycles. The zero-order valence-electron chi connectivity index (χ0n) is 15.0. The van der Waals surface area contributed by atoms with Crippen LogP contribution in [0.15, 0.2) is 60.7 Å². The van der Waals surface area contributed by atoms with Crippen molar-refractivity contribution in [2.45, 2.75) is 37.8 Å². The van der Waals surface area contributed by atoms with Crippen molar-refractivity contribution >= 4 is 6.03 Å². The van der Waals surface area contributed by atoms with E-state index in [2.05, 4.69) is 17.4 Å². The molecule has 2 amide bonds. The highest BCUT2D eigenvalue weighted by atomic mass is 16.5. The summed E-state index contributed by atoms with van der Waals surface area (Å²) in [7, 11) is 0. The maximum Gasteiger partial charge on any atom is 0.317 e. The normalized spacial score (nSPS) is 19.0. The molecule has 4 heteroatoms. The molecule has 1 N–H and O–H groups in total. The zero-order valence-corrected chi connectivity index (χ0v) is 15.0. The Morgan fingerprint density at radius 1 is 0.923 bits per heavy atom. The Hall–Kier alpha value is -2.49. The molecule has 0 bridgehead atoms. The number of likely N-dealkylation sites (tertiary alicyclic amines) is 1. The first-order chi connectivity index (χ1) is 12.8. The van der Waals surface area contributed by atoms with Crippen molar-refractivity contribution < 1.29 is 9.53 Å². The predicted octanol–water partition coefficient (Wildman–Crippen LogP) is 4.39. The first-order valence-electron chi connectivity index (χ1n) is 9.62. The van der Waals surface area contributed by atoms with Gasteiger partial charge in [0.25, 0.3) is 0 Å². The third-order valence-electron chi connectivity index (χ3n) is 5.31. The average molecular weight is 350 g/mol. The summed E-state index contributed by atoms with van der Waals surface area (Å²) in [5, 5.41) is 3.28. The minimum atomic E-state index is 0.0592. The summed E-state index contributed by atoms with van der Waals surface area (Å²) in [5.74, 6) is 1.49. The fourth-order valence-electron chi connectivity index (χ4n) is 3.66. The average Bonchev–Trinajstić information content (AvgIpc) is 3.53. The lowest BCUT2D eigenvalue weighted by Crippen LogP contribution is -2.47. The van der Waals surface area contributed by atoms with Gasteiger partial charge in [-0.2, -0.15) is 0 Å². The van der Waals surface area contributed by atoms with Gasteiger partial charge in [0, 0.05) is 25.9 Å². The third-order valence-corrected chi connectivity index (χ3v) is 5.31. The van der Waals surface area contributed by atoms with E-state index in [1.54, 1.807) is 0 Å². The number of ether oxygens (including phenoxy) is 1. The fourth-order valence-corrected chi connectivity index (χ4v) is 3.66. The van der Waals surface area contributed by atoms with Gasteiger partial charge in [-0.05, 0) is 36.5 Å². The van der Waals surface area contributed by atoms with E-state index in [1.807, 2.05) is 53.4 Å². The monoisotopic (exact) mass is 350 g/mol. The van der Waals surface area contributed by atoms with Crippen LogP contribution in [0.5, 0.6) is 5.75 Å². The SMILES string of the molecule is O=C(N[C@H](c1ccccc1)C1CC1)N1CCC(Oc2ccccc2)CC1. The Kier molecular flexibility index (Phi) is 5.09. The summed E-state index contributed by atoms with van der Waals surface area (Å²) in [6, 6.07) is 20.5. The second kappa shape index (κ2) is 7.81. The molecular formula is C22H26N2O2. The van der Waals surface area contributed by atoms with E-state index in [0.29, 0.717) is 5.92 Å². The van der Waals surface area contributed by atoms with Crippen LogP contribution in [-0.4, -0.2) is 30.1 Å². The number of piperidine rings is 1. The summed E-state index contributed by atoms with van der Waals surface area (Å²) in [6.07, 6.45) is 4.35. The van der Waals surface area contributed by atoms with Gasteiger partial charge in [-0.1, -0.05) is 48.5 Å². The lowest BCUT2D eigenvalue weighted by atomic mass is 10.0. The van der Waals surface area contributed by atoms with Crippen LogP contribution < -0.4 is 10.1 Å². The van der Waals surface area contributed by atoms with Crippen LogP contribution >= 0.6 is 0 Å². The number of hydrogen-bond donors (Lipinski definition) is 1. The van der Waals surface area contributed by atoms with E-state index in [1.165, 1.54) is 18.4 Å². The maximum absolute atomic E-state index is 12.8. The molecule has 2 fully saturated rings. The van der Waals surface area contributed by atoms with E-state index in [-0.39, 0.29) is 18.2 Å². The van der Waals surface area contributed by atoms with Crippen LogP contribution in [0.2, 0.25) is 0 Å². The number of urea groups is 1. The number of carbonyl (C=O) groups is 1. The molecule has 0 unspecified atom stereocenters. The second-order valence-electron chi connectivity index (χ2n) is 7.29. The van der Waals surface area contributed by atoms with E-state index in [4.69, 9.17) is 4.74 Å². The van der Waals surface area contributed by atoms with Gasteiger partial charge < -0.3 is 15.0 Å². The van der Waals surface area contributed by atoms with Gasteiger partial charge in [0.2, 0.25) is 0 Å². The Labute approximate surface area is 155 Å². The predicted molar refractivity (Wildman–Crippen MR) is 102 cm³/mol. The van der Waals surface area contributed by atoms with Gasteiger partial charge in [0.1, 0.15) is 11.9 Å². The highest BCUT2D eigenvalue weighted by Gasteiger charge is 2.34. The van der Waals surface area contributed by atoms with Crippen LogP contribution in [0.3, 0.4) is 0 Å². The summed E-state index contributed by atoms with van der Waals surface area (Å²) >= 11 is 0. The Balaban J connectivity index is 1.30. The minimum Gasteiger partial charge on any atom is -0.490 e. The molecular weight excluding hydrogens is 324 g/mol. The van der Waals surface area contributed by atoms with Crippen molar-refractivity contribution in [1.29, 1.82) is 0 Å². The molecule has 2 aromatic carbocycles. The number of nitrogens with one attached hydrogen (secondary N) is 1. The van der Waals surface area contributed by atoms with Gasteiger partial charge >= 0.3 is 6.03 Å². The number of carbonyl (C=O) groups excluding carboxylic acids is 1. The number of para-hydroxylation sites is 1. The van der Waals surface area contributed by atoms with Crippen molar-refractivity contribution in [2.75, 3.05) is 13.1 Å². The molecule has 1 aliphatic heterocycles. The molecule has 0 spiro atoms. The highest BCUT2D eigenvalue weighted by Crippen LogP contribution is 2.41. The number of hydrogen-bond acceptors (Lipinski definition) is 2. The van der Waals surface area contributed by atoms with E-state index >= 15 is 0 Å². The molecule has 1 heterocycles. The molecule has 26 heavy (non-hydrogen) atoms. The first kappa shape index (κ1) is 17.0. The van der Waals surface area contributed by atoms with Crippen LogP contribution in [0, 0.1) is 5.92 Å². The van der Waals surface area contributed by atoms with Gasteiger partial charge in [-0.15, -0.1) is 0 Å². The maximum atomic E-state index is 12.8. The summed E-state index contributed by atoms with van der Waals surface area (Å²) in [4.78, 5) is 14.7. The van der Waals surface area contributed by atoms with Crippen LogP contribution in [0.25, 0.3) is 0 Å². The molecule has 0 aromatic heterocycles. The van der Waals surface area contributed by atoms with E-state index in [0.717, 1.165) is 31.7 Å². The minimum absolute atomic E-state index is 0.0592. The largest absolute Gasteiger partial charge is 0.490 e. The number of benzene rings is 2. The Bertz CT molecular complexity index is 707. The van der Waals surface area contributed by atoms with Crippen molar-refractivity contribution in [3.05, 3.63) is 66.2 Å². The lowest BCUT2D eigenvalue weighted by molar-refractivity contribution is 0.109. The zero-order chi connectivity index (χ0) is 17.8. The Morgan fingerprint density at radius 3 is 2.15 bits per heavy atom. The fraction of sp³-hybridized carbons (Fsp3) is 0.409. The van der Waals surface area contributed by atoms with Gasteiger partial charge in [0.05, 0.1) is 6.04 Å². The van der Waals surface area contributed by atoms with Crippen LogP contribution in [0.4, 0.5) is 4.79 Å². The molecule has 4 nitrogen and oxygen atoms in total. The van der Waals surface area contributed by atoms with Crippen molar-refractivity contribution in [3.63, 3.8) is 0 Å². The van der Waals surface area contributed by atoms with Gasteiger partial charge in [0.15, 0.2) is 0 Å². The number of nitrogens with zero attached hydrogens (tertiary/aromatic N) is 1. The topological polar surface area (TPSA) is 41.6 Å². The molecule has 136 valence electrons. The molecule has 2 aliphatic rings. The summed E-state index contributed by atoms with van der Waals surface area (Å²) in [6.45, 7) is 1.49. The van der Waals surface area contributed by atoms with Crippen LogP contribution in [-0.2, 0) is 0 Å². The van der Waals surface area contributed by atoms with Gasteiger partial charge in [-0.3, -0.25) is 0 Å². The smallest absolute Gasteiger partial charge is 0.317 e. The second-order valence-corrected chi connectivity index (χ2v) is 7.29. The molecule has 1 saturated carbocycles. The third kappa shape index (κ3) is 4.18. The Morgan fingerprint density at radius 2 is 1.54 bits per heavy atom. The quantitative estimate of drug-likeness (QED) is 0.869. The molecule has 4 rings (SSSR count). The molecule has 0 radical (unpaired) electrons. The van der Waals surface area contributed by atoms with E-state index in [9.17, 15) is 4.79 Å². The number of rotatable bonds is 5. The van der Waals surface area contributed by atoms with Crippen molar-refractivity contribution in [3.8, 4) is 5.75 Å². The molecule has 1 aliphatic carbocycles. The highest BCUT2D eigenvalue weighted by molar-refractivity contribution is 5.75. The summed E-state index contributed by atoms with van der Waals surface area (Å²) in [5.41, 5.74) is 1.21. The van der Waals surface area contributed by atoms with Crippen LogP contribution in [0.1, 0.15) is 37.3 Å². The first-order valence-corrected chi connectivity index (χ1v) is 9.62. The van der Waals surface area contributed by atoms with Gasteiger partial charge in [-0.25, -0.2) is 4.79 Å². The molecule has 2 aromatic rings. The standard InChI is InChI=1S/C22H26N2O2/c25-22(23-21(18-11-12-18)17-7-3-1-4-8-17)24-15-13-20(14-16-24)26-19-9-5-2-6-10-19/h1-10,18,20-21H,11-16H2,(H,23,25)/t21-/m1/s1. The van der Waals surface area contributed by atoms with Crippen molar-refractivity contribution in [2.24, 2.45) is 5.92 Å². The summed E-state index contributed by atoms with van der Waals surface area (Å²) < 4.78 is 6.02. The lowest BCUT2D eigenvalue weighted by Gasteiger charge is -2.33. The van der Waals surface area contributed by atoms with E-state index < -0.39 is 0 Å². The molecule has 1 atom stereocenters. The van der Waals surface area contributed by atoms with Crippen molar-refractivity contribution in [1.82, 2.24) is 10.2 Å². The number of amides is 2.